The molecule has 0 aliphatic rings. The van der Waals surface area contributed by atoms with E-state index >= 15 is 0 Å². The highest BCUT2D eigenvalue weighted by molar-refractivity contribution is 5.74. The van der Waals surface area contributed by atoms with Gasteiger partial charge in [0, 0.05) is 12.3 Å². The largest absolute Gasteiger partial charge is 0.481 e. The number of nitrogens with zero attached hydrogens (tertiary/aromatic N) is 2. The van der Waals surface area contributed by atoms with Crippen molar-refractivity contribution in [1.29, 1.82) is 0 Å². The Morgan fingerprint density at radius 3 is 2.39 bits per heavy atom. The average molecular weight is 240 g/mol. The number of ether oxygens (including phenoxy) is 1. The Hall–Kier alpha value is -2.16. The molecule has 3 heteroatoms. The summed E-state index contributed by atoms with van der Waals surface area (Å²) in [4.78, 5) is 8.10. The van der Waals surface area contributed by atoms with Gasteiger partial charge in [0.15, 0.2) is 0 Å². The molecule has 2 rings (SSSR count). The number of benzene rings is 1. The maximum absolute atomic E-state index is 5.16. The molecule has 2 aromatic rings. The maximum Gasteiger partial charge on any atom is 0.213 e. The Labute approximate surface area is 107 Å². The minimum absolute atomic E-state index is 0.622. The Morgan fingerprint density at radius 1 is 1.17 bits per heavy atom. The molecule has 0 saturated heterocycles. The Morgan fingerprint density at radius 2 is 1.83 bits per heavy atom. The average Bonchev–Trinajstić information content (AvgIpc) is 2.38. The number of hydrogen-bond donors (Lipinski definition) is 0. The zero-order chi connectivity index (χ0) is 13.1. The van der Waals surface area contributed by atoms with Crippen molar-refractivity contribution in [1.82, 2.24) is 4.98 Å². The molecular formula is C15H16N2O. The summed E-state index contributed by atoms with van der Waals surface area (Å²) < 4.78 is 5.16. The van der Waals surface area contributed by atoms with Gasteiger partial charge in [-0.2, -0.15) is 0 Å². The molecule has 0 N–H and O–H groups in total. The van der Waals surface area contributed by atoms with E-state index in [4.69, 9.17) is 4.74 Å². The Bertz CT molecular complexity index is 568. The van der Waals surface area contributed by atoms with Gasteiger partial charge in [-0.1, -0.05) is 0 Å². The second kappa shape index (κ2) is 5.00. The second-order valence-corrected chi connectivity index (χ2v) is 4.20. The lowest BCUT2D eigenvalue weighted by atomic mass is 9.96. The number of rotatable bonds is 3. The van der Waals surface area contributed by atoms with Gasteiger partial charge in [-0.3, -0.25) is 4.99 Å². The molecule has 0 aliphatic heterocycles. The third-order valence-electron chi connectivity index (χ3n) is 2.93. The molecule has 92 valence electrons. The fourth-order valence-electron chi connectivity index (χ4n) is 2.16. The Kier molecular flexibility index (Phi) is 3.42. The highest BCUT2D eigenvalue weighted by atomic mass is 16.5. The van der Waals surface area contributed by atoms with E-state index in [2.05, 4.69) is 30.5 Å². The molecule has 1 aromatic heterocycles. The van der Waals surface area contributed by atoms with Crippen molar-refractivity contribution in [2.45, 2.75) is 13.8 Å². The zero-order valence-electron chi connectivity index (χ0n) is 10.9. The lowest BCUT2D eigenvalue weighted by molar-refractivity contribution is 0.398. The van der Waals surface area contributed by atoms with Crippen LogP contribution in [-0.4, -0.2) is 18.8 Å². The first-order chi connectivity index (χ1) is 8.65. The van der Waals surface area contributed by atoms with Crippen LogP contribution in [0.1, 0.15) is 11.1 Å². The first-order valence-corrected chi connectivity index (χ1v) is 5.74. The monoisotopic (exact) mass is 240 g/mol. The van der Waals surface area contributed by atoms with Crippen LogP contribution in [0.2, 0.25) is 0 Å². The summed E-state index contributed by atoms with van der Waals surface area (Å²) in [6.07, 6.45) is 1.76. The number of aromatic nitrogens is 1. The van der Waals surface area contributed by atoms with E-state index in [0.29, 0.717) is 5.88 Å². The van der Waals surface area contributed by atoms with E-state index in [1.807, 2.05) is 24.3 Å². The van der Waals surface area contributed by atoms with Gasteiger partial charge in [0.1, 0.15) is 0 Å². The topological polar surface area (TPSA) is 34.5 Å². The first kappa shape index (κ1) is 12.3. The molecule has 18 heavy (non-hydrogen) atoms. The van der Waals surface area contributed by atoms with Crippen LogP contribution in [-0.2, 0) is 0 Å². The van der Waals surface area contributed by atoms with E-state index in [9.17, 15) is 0 Å². The molecular weight excluding hydrogens is 224 g/mol. The Balaban J connectivity index is 2.59. The van der Waals surface area contributed by atoms with Gasteiger partial charge >= 0.3 is 0 Å². The third-order valence-corrected chi connectivity index (χ3v) is 2.93. The van der Waals surface area contributed by atoms with E-state index in [1.54, 1.807) is 13.3 Å². The van der Waals surface area contributed by atoms with Crippen molar-refractivity contribution >= 4 is 12.4 Å². The van der Waals surface area contributed by atoms with E-state index in [1.165, 1.54) is 16.7 Å². The van der Waals surface area contributed by atoms with Crippen LogP contribution in [0.5, 0.6) is 5.88 Å². The molecule has 0 unspecified atom stereocenters. The molecule has 1 heterocycles. The third kappa shape index (κ3) is 2.25. The van der Waals surface area contributed by atoms with Gasteiger partial charge in [-0.05, 0) is 61.0 Å². The molecule has 0 atom stereocenters. The molecule has 0 amide bonds. The van der Waals surface area contributed by atoms with E-state index in [0.717, 1.165) is 11.3 Å². The van der Waals surface area contributed by atoms with Crippen LogP contribution in [0.25, 0.3) is 11.1 Å². The van der Waals surface area contributed by atoms with Crippen LogP contribution in [0, 0.1) is 13.8 Å². The van der Waals surface area contributed by atoms with E-state index in [-0.39, 0.29) is 0 Å². The summed E-state index contributed by atoms with van der Waals surface area (Å²) >= 11 is 0. The number of hydrogen-bond acceptors (Lipinski definition) is 3. The van der Waals surface area contributed by atoms with Crippen molar-refractivity contribution in [3.05, 3.63) is 41.6 Å². The van der Waals surface area contributed by atoms with Gasteiger partial charge in [0.2, 0.25) is 5.88 Å². The molecule has 3 nitrogen and oxygen atoms in total. The molecule has 1 aromatic carbocycles. The molecule has 0 aliphatic carbocycles. The van der Waals surface area contributed by atoms with Gasteiger partial charge in [0.25, 0.3) is 0 Å². The predicted octanol–water partition coefficient (Wildman–Crippen LogP) is 3.71. The summed E-state index contributed by atoms with van der Waals surface area (Å²) in [5.41, 5.74) is 5.54. The van der Waals surface area contributed by atoms with Crippen LogP contribution in [0.15, 0.2) is 35.5 Å². The highest BCUT2D eigenvalue weighted by Crippen LogP contribution is 2.31. The summed E-state index contributed by atoms with van der Waals surface area (Å²) in [6, 6.07) is 7.99. The second-order valence-electron chi connectivity index (χ2n) is 4.20. The number of pyridine rings is 1. The zero-order valence-corrected chi connectivity index (χ0v) is 10.9. The number of aryl methyl sites for hydroxylation is 2. The highest BCUT2D eigenvalue weighted by Gasteiger charge is 2.08. The summed E-state index contributed by atoms with van der Waals surface area (Å²) in [5, 5.41) is 0. The van der Waals surface area contributed by atoms with Crippen LogP contribution in [0.4, 0.5) is 5.69 Å². The molecule has 0 bridgehead atoms. The van der Waals surface area contributed by atoms with Crippen LogP contribution in [0.3, 0.4) is 0 Å². The summed E-state index contributed by atoms with van der Waals surface area (Å²) in [5.74, 6) is 0.622. The summed E-state index contributed by atoms with van der Waals surface area (Å²) in [6.45, 7) is 7.71. The van der Waals surface area contributed by atoms with Crippen molar-refractivity contribution < 1.29 is 4.74 Å². The van der Waals surface area contributed by atoms with Crippen molar-refractivity contribution in [2.75, 3.05) is 7.11 Å². The van der Waals surface area contributed by atoms with Gasteiger partial charge in [-0.25, -0.2) is 4.98 Å². The first-order valence-electron chi connectivity index (χ1n) is 5.74. The van der Waals surface area contributed by atoms with E-state index < -0.39 is 0 Å². The van der Waals surface area contributed by atoms with Crippen molar-refractivity contribution in [3.63, 3.8) is 0 Å². The van der Waals surface area contributed by atoms with Gasteiger partial charge in [0.05, 0.1) is 12.8 Å². The molecule has 0 fully saturated rings. The van der Waals surface area contributed by atoms with Crippen molar-refractivity contribution in [2.24, 2.45) is 4.99 Å². The minimum Gasteiger partial charge on any atom is -0.481 e. The quantitative estimate of drug-likeness (QED) is 0.766. The lowest BCUT2D eigenvalue weighted by Crippen LogP contribution is -1.91. The molecule has 0 spiro atoms. The van der Waals surface area contributed by atoms with Crippen LogP contribution >= 0.6 is 0 Å². The molecule has 0 radical (unpaired) electrons. The predicted molar refractivity (Wildman–Crippen MR) is 74.9 cm³/mol. The SMILES string of the molecule is C=Nc1cc(C)c(-c2ccnc(OC)c2)c(C)c1. The van der Waals surface area contributed by atoms with Gasteiger partial charge < -0.3 is 4.74 Å². The fourth-order valence-corrected chi connectivity index (χ4v) is 2.16. The van der Waals surface area contributed by atoms with Gasteiger partial charge in [-0.15, -0.1) is 0 Å². The smallest absolute Gasteiger partial charge is 0.213 e. The standard InChI is InChI=1S/C15H16N2O/c1-10-7-13(16-3)8-11(2)15(10)12-5-6-17-14(9-12)18-4/h5-9H,3H2,1-2,4H3. The maximum atomic E-state index is 5.16. The number of methoxy groups -OCH3 is 1. The lowest BCUT2D eigenvalue weighted by Gasteiger charge is -2.12. The van der Waals surface area contributed by atoms with Crippen molar-refractivity contribution in [3.8, 4) is 17.0 Å². The normalized spacial score (nSPS) is 10.2. The summed E-state index contributed by atoms with van der Waals surface area (Å²) in [7, 11) is 1.62. The molecule has 0 saturated carbocycles. The number of aliphatic imine (C=N–C) groups is 1. The minimum atomic E-state index is 0.622. The van der Waals surface area contributed by atoms with Crippen LogP contribution < -0.4 is 4.74 Å². The fraction of sp³-hybridized carbons (Fsp3) is 0.200.